The van der Waals surface area contributed by atoms with E-state index in [0.717, 1.165) is 0 Å². The molecule has 4 unspecified atom stereocenters. The average molecular weight is 371 g/mol. The van der Waals surface area contributed by atoms with Crippen LogP contribution in [0, 0.1) is 0 Å². The van der Waals surface area contributed by atoms with E-state index in [0.29, 0.717) is 12.1 Å². The maximum atomic E-state index is 12.5. The van der Waals surface area contributed by atoms with Crippen LogP contribution in [0.3, 0.4) is 0 Å². The number of H-pyrrole nitrogens is 1. The highest BCUT2D eigenvalue weighted by molar-refractivity contribution is 7.48. The first-order valence-corrected chi connectivity index (χ1v) is 9.30. The number of anilines is 1. The van der Waals surface area contributed by atoms with Crippen molar-refractivity contribution in [3.63, 3.8) is 0 Å². The highest BCUT2D eigenvalue weighted by Crippen LogP contribution is 2.57. The molecule has 0 aliphatic carbocycles. The van der Waals surface area contributed by atoms with Gasteiger partial charge in [0.1, 0.15) is 18.4 Å². The molecule has 0 radical (unpaired) electrons. The number of fused-ring (bicyclic) bond motifs is 2. The maximum absolute atomic E-state index is 12.5. The van der Waals surface area contributed by atoms with Crippen LogP contribution < -0.4 is 11.3 Å². The number of imidazole rings is 1. The predicted octanol–water partition coefficient (Wildman–Crippen LogP) is 0.938. The molecule has 0 amide bonds. The first kappa shape index (κ1) is 16.7. The van der Waals surface area contributed by atoms with E-state index in [9.17, 15) is 9.36 Å². The Labute approximate surface area is 142 Å². The van der Waals surface area contributed by atoms with Gasteiger partial charge in [0.25, 0.3) is 5.56 Å². The lowest BCUT2D eigenvalue weighted by molar-refractivity contribution is -0.0733. The van der Waals surface area contributed by atoms with Crippen LogP contribution in [0.4, 0.5) is 5.95 Å². The van der Waals surface area contributed by atoms with E-state index in [1.54, 1.807) is 18.4 Å². The normalized spacial score (nSPS) is 32.4. The number of nitrogens with zero attached hydrogens (tertiary/aromatic N) is 3. The first-order valence-electron chi connectivity index (χ1n) is 7.84. The Bertz CT molecular complexity index is 910. The third-order valence-corrected chi connectivity index (χ3v) is 5.62. The predicted molar refractivity (Wildman–Crippen MR) is 85.7 cm³/mol. The smallest absolute Gasteiger partial charge is 0.369 e. The van der Waals surface area contributed by atoms with Gasteiger partial charge in [-0.15, -0.1) is 0 Å². The number of rotatable bonds is 3. The van der Waals surface area contributed by atoms with Crippen LogP contribution in [0.15, 0.2) is 11.1 Å². The van der Waals surface area contributed by atoms with E-state index >= 15 is 0 Å². The minimum Gasteiger partial charge on any atom is -0.369 e. The summed E-state index contributed by atoms with van der Waals surface area (Å²) in [6.45, 7) is 3.59. The molecule has 136 valence electrons. The van der Waals surface area contributed by atoms with Crippen molar-refractivity contribution in [2.45, 2.75) is 44.8 Å². The molecule has 2 aromatic rings. The Balaban J connectivity index is 1.59. The number of hydrogen-bond donors (Lipinski definition) is 2. The number of aromatic amines is 1. The van der Waals surface area contributed by atoms with Crippen LogP contribution in [-0.2, 0) is 22.9 Å². The number of nitrogens with one attached hydrogen (secondary N) is 1. The topological polar surface area (TPSA) is 144 Å². The van der Waals surface area contributed by atoms with Crippen molar-refractivity contribution in [3.8, 4) is 0 Å². The molecular weight excluding hydrogens is 353 g/mol. The molecule has 2 aliphatic heterocycles. The number of phosphoric acid groups is 1. The minimum atomic E-state index is -3.60. The summed E-state index contributed by atoms with van der Waals surface area (Å²) in [5, 5.41) is 0. The van der Waals surface area contributed by atoms with Crippen LogP contribution in [0.5, 0.6) is 0 Å². The lowest BCUT2D eigenvalue weighted by Gasteiger charge is -2.30. The van der Waals surface area contributed by atoms with E-state index < -0.39 is 31.8 Å². The fourth-order valence-corrected chi connectivity index (χ4v) is 4.53. The number of ether oxygens (including phenoxy) is 1. The average Bonchev–Trinajstić information content (AvgIpc) is 3.08. The van der Waals surface area contributed by atoms with Crippen molar-refractivity contribution in [2.75, 3.05) is 12.3 Å². The molecule has 25 heavy (non-hydrogen) atoms. The second-order valence-electron chi connectivity index (χ2n) is 6.18. The van der Waals surface area contributed by atoms with Gasteiger partial charge in [-0.25, -0.2) is 9.55 Å². The maximum Gasteiger partial charge on any atom is 0.475 e. The molecule has 0 aromatic carbocycles. The summed E-state index contributed by atoms with van der Waals surface area (Å²) in [5.74, 6) is -0.0101. The summed E-state index contributed by atoms with van der Waals surface area (Å²) in [6, 6.07) is 0. The SMILES string of the molecule is CC(C)OP1(=O)OCC2OC(n3cnc4c(=O)[nH]c(N)nc43)CC2O1. The Morgan fingerprint density at radius 2 is 2.28 bits per heavy atom. The van der Waals surface area contributed by atoms with Crippen LogP contribution in [0.1, 0.15) is 26.5 Å². The second-order valence-corrected chi connectivity index (χ2v) is 7.76. The molecule has 4 heterocycles. The fraction of sp³-hybridized carbons (Fsp3) is 0.615. The number of nitrogens with two attached hydrogens (primary N) is 1. The number of aromatic nitrogens is 4. The number of nitrogen functional groups attached to an aromatic ring is 1. The van der Waals surface area contributed by atoms with E-state index in [2.05, 4.69) is 15.0 Å². The van der Waals surface area contributed by atoms with Crippen LogP contribution in [-0.4, -0.2) is 44.4 Å². The molecule has 2 saturated heterocycles. The monoisotopic (exact) mass is 371 g/mol. The summed E-state index contributed by atoms with van der Waals surface area (Å²) in [4.78, 5) is 22.4. The molecule has 2 aromatic heterocycles. The summed E-state index contributed by atoms with van der Waals surface area (Å²) in [5.41, 5.74) is 5.66. The van der Waals surface area contributed by atoms with Gasteiger partial charge in [0, 0.05) is 6.42 Å². The summed E-state index contributed by atoms with van der Waals surface area (Å²) < 4.78 is 36.0. The van der Waals surface area contributed by atoms with Crippen molar-refractivity contribution < 1.29 is 22.9 Å². The number of phosphoric ester groups is 1. The van der Waals surface area contributed by atoms with Crippen molar-refractivity contribution in [1.82, 2.24) is 19.5 Å². The van der Waals surface area contributed by atoms with Gasteiger partial charge in [0.2, 0.25) is 5.95 Å². The zero-order chi connectivity index (χ0) is 17.8. The molecule has 2 fully saturated rings. The van der Waals surface area contributed by atoms with Crippen molar-refractivity contribution >= 4 is 24.9 Å². The van der Waals surface area contributed by atoms with Crippen molar-refractivity contribution in [2.24, 2.45) is 0 Å². The molecular formula is C13H18N5O6P. The van der Waals surface area contributed by atoms with Crippen molar-refractivity contribution in [3.05, 3.63) is 16.7 Å². The number of hydrogen-bond acceptors (Lipinski definition) is 9. The van der Waals surface area contributed by atoms with Crippen LogP contribution in [0.2, 0.25) is 0 Å². The largest absolute Gasteiger partial charge is 0.475 e. The van der Waals surface area contributed by atoms with E-state index in [1.807, 2.05) is 0 Å². The van der Waals surface area contributed by atoms with Gasteiger partial charge in [-0.1, -0.05) is 0 Å². The van der Waals surface area contributed by atoms with Gasteiger partial charge in [-0.05, 0) is 13.8 Å². The zero-order valence-corrected chi connectivity index (χ0v) is 14.5. The second kappa shape index (κ2) is 5.89. The molecule has 0 bridgehead atoms. The van der Waals surface area contributed by atoms with Gasteiger partial charge >= 0.3 is 7.82 Å². The molecule has 4 atom stereocenters. The van der Waals surface area contributed by atoms with Crippen LogP contribution >= 0.6 is 7.82 Å². The quantitative estimate of drug-likeness (QED) is 0.753. The summed E-state index contributed by atoms with van der Waals surface area (Å²) >= 11 is 0. The van der Waals surface area contributed by atoms with E-state index in [-0.39, 0.29) is 24.2 Å². The third kappa shape index (κ3) is 2.98. The molecule has 12 heteroatoms. The first-order chi connectivity index (χ1) is 11.8. The Morgan fingerprint density at radius 1 is 1.48 bits per heavy atom. The summed E-state index contributed by atoms with van der Waals surface area (Å²) in [6.07, 6.45) is 0.193. The van der Waals surface area contributed by atoms with Gasteiger partial charge in [-0.3, -0.25) is 27.9 Å². The molecule has 0 saturated carbocycles. The van der Waals surface area contributed by atoms with E-state index in [1.165, 1.54) is 6.33 Å². The van der Waals surface area contributed by atoms with Gasteiger partial charge in [0.05, 0.1) is 19.0 Å². The molecule has 3 N–H and O–H groups in total. The molecule has 0 spiro atoms. The van der Waals surface area contributed by atoms with Crippen LogP contribution in [0.25, 0.3) is 11.2 Å². The summed E-state index contributed by atoms with van der Waals surface area (Å²) in [7, 11) is -3.60. The Morgan fingerprint density at radius 3 is 3.04 bits per heavy atom. The highest BCUT2D eigenvalue weighted by atomic mass is 31.2. The molecule has 2 aliphatic rings. The lowest BCUT2D eigenvalue weighted by atomic mass is 10.2. The lowest BCUT2D eigenvalue weighted by Crippen LogP contribution is -2.33. The van der Waals surface area contributed by atoms with Gasteiger partial charge < -0.3 is 10.5 Å². The highest BCUT2D eigenvalue weighted by Gasteiger charge is 2.48. The van der Waals surface area contributed by atoms with Gasteiger partial charge in [-0.2, -0.15) is 4.98 Å². The van der Waals surface area contributed by atoms with E-state index in [4.69, 9.17) is 24.0 Å². The Hall–Kier alpha value is -1.78. The van der Waals surface area contributed by atoms with Crippen molar-refractivity contribution in [1.29, 1.82) is 0 Å². The standard InChI is InChI=1S/C13H18N5O6P/c1-6(2)23-25(20)21-4-8-7(24-25)3-9(22-8)18-5-15-10-11(18)16-13(14)17-12(10)19/h5-9H,3-4H2,1-2H3,(H3,14,16,17,19). The molecule has 11 nitrogen and oxygen atoms in total. The minimum absolute atomic E-state index is 0.0101. The molecule has 4 rings (SSSR count). The third-order valence-electron chi connectivity index (χ3n) is 3.94. The Kier molecular flexibility index (Phi) is 3.93. The fourth-order valence-electron chi connectivity index (χ4n) is 2.96. The zero-order valence-electron chi connectivity index (χ0n) is 13.6. The van der Waals surface area contributed by atoms with Gasteiger partial charge in [0.15, 0.2) is 11.2 Å².